The number of rotatable bonds is 14. The van der Waals surface area contributed by atoms with E-state index in [2.05, 4.69) is 89.7 Å². The molecule has 5 fully saturated rings. The van der Waals surface area contributed by atoms with Gasteiger partial charge in [-0.3, -0.25) is 95.9 Å². The van der Waals surface area contributed by atoms with Crippen molar-refractivity contribution in [2.24, 2.45) is 40.5 Å². The number of aliphatic hydroxyl groups is 3. The molecule has 0 aliphatic carbocycles. The minimum Gasteiger partial charge on any atom is -0.391 e. The summed E-state index contributed by atoms with van der Waals surface area (Å²) in [6.07, 6.45) is -5.23. The minimum absolute atomic E-state index is 0.0618. The molecule has 4 bridgehead atoms. The lowest BCUT2D eigenvalue weighted by atomic mass is 10.0. The Bertz CT molecular complexity index is 4010. The normalized spacial score (nSPS) is 30.6. The molecule has 29 N–H and O–H groups in total. The Morgan fingerprint density at radius 1 is 0.463 bits per heavy atom. The van der Waals surface area contributed by atoms with Crippen LogP contribution in [0.4, 0.5) is 0 Å². The van der Waals surface area contributed by atoms with Crippen LogP contribution in [0.5, 0.6) is 0 Å². The SMILES string of the molecule is CC(C)C1NC(=O)CNC(=O)[C@@H]2CSSC[C@@H]3NC(=O)[C@H](C(C)C)NC(=O)[C@H](CSSC[C@@H](C(N)=O)NC(=O)[C@H]([C@@H](C)O)NC(=O)[C@H](CC(N)=O)NC(=O)[C@H](CCCCN)NC3=O)NC(=O)[C@@H]3C[C@@H](O)CN3C(=O)[C@H](Cc3cnc[nH]3)NC(=O)[C@H](CSSC[C@H](N)C(=O)N2)NC(=O)[C@H](C)NC(=O)[C@H](C)NC(=O)[C@H](CC(N)=O)NC(=O)C2C[C@@H](O)CN2C1=O. The van der Waals surface area contributed by atoms with Gasteiger partial charge in [0.05, 0.1) is 50.1 Å². The number of nitrogens with one attached hydrogen (secondary N) is 16. The molecule has 20 atom stereocenters. The minimum atomic E-state index is -1.95. The van der Waals surface area contributed by atoms with Crippen LogP contribution in [0.2, 0.25) is 0 Å². The van der Waals surface area contributed by atoms with Crippen molar-refractivity contribution in [1.29, 1.82) is 0 Å². The third-order valence-electron chi connectivity index (χ3n) is 19.7. The molecule has 0 radical (unpaired) electrons. The van der Waals surface area contributed by atoms with Gasteiger partial charge >= 0.3 is 0 Å². The first-order valence-electron chi connectivity index (χ1n) is 39.2. The molecular formula is C70H110N24O23S6. The van der Waals surface area contributed by atoms with Crippen molar-refractivity contribution in [2.45, 2.75) is 221 Å². The first-order valence-corrected chi connectivity index (χ1v) is 46.6. The maximum absolute atomic E-state index is 15.4. The summed E-state index contributed by atoms with van der Waals surface area (Å²) in [6, 6.07) is -28.9. The van der Waals surface area contributed by atoms with Gasteiger partial charge in [0, 0.05) is 78.8 Å². The summed E-state index contributed by atoms with van der Waals surface area (Å²) in [5.41, 5.74) is 29.4. The maximum Gasteiger partial charge on any atom is 0.246 e. The Hall–Kier alpha value is -9.49. The monoisotopic (exact) mass is 1850 g/mol. The lowest BCUT2D eigenvalue weighted by Crippen LogP contribution is -2.62. The molecule has 47 nitrogen and oxygen atoms in total. The molecule has 6 rings (SSSR count). The predicted molar refractivity (Wildman–Crippen MR) is 450 cm³/mol. The highest BCUT2D eigenvalue weighted by molar-refractivity contribution is 8.77. The number of aromatic nitrogens is 2. The largest absolute Gasteiger partial charge is 0.391 e. The summed E-state index contributed by atoms with van der Waals surface area (Å²) in [6.45, 7) is 7.46. The van der Waals surface area contributed by atoms with Gasteiger partial charge in [0.15, 0.2) is 0 Å². The number of nitrogens with two attached hydrogens (primary N) is 5. The smallest absolute Gasteiger partial charge is 0.246 e. The third kappa shape index (κ3) is 31.6. The predicted octanol–water partition coefficient (Wildman–Crippen LogP) is -11.6. The Labute approximate surface area is 729 Å². The van der Waals surface area contributed by atoms with Crippen molar-refractivity contribution >= 4 is 183 Å². The van der Waals surface area contributed by atoms with Crippen LogP contribution in [-0.2, 0) is 102 Å². The van der Waals surface area contributed by atoms with Gasteiger partial charge in [-0.05, 0) is 58.4 Å². The molecule has 5 aliphatic rings. The number of imidazole rings is 1. The van der Waals surface area contributed by atoms with Crippen LogP contribution in [0, 0.1) is 11.8 Å². The summed E-state index contributed by atoms with van der Waals surface area (Å²) < 4.78 is 0. The lowest BCUT2D eigenvalue weighted by Gasteiger charge is -2.31. The van der Waals surface area contributed by atoms with Crippen LogP contribution >= 0.6 is 64.8 Å². The van der Waals surface area contributed by atoms with E-state index < -0.39 is 332 Å². The van der Waals surface area contributed by atoms with E-state index in [-0.39, 0.29) is 37.3 Å². The number of amides is 20. The molecule has 5 aliphatic heterocycles. The number of aromatic amines is 1. The van der Waals surface area contributed by atoms with Crippen LogP contribution in [0.3, 0.4) is 0 Å². The highest BCUT2D eigenvalue weighted by atomic mass is 33.1. The molecule has 1 aromatic heterocycles. The topological polar surface area (TPSA) is 748 Å². The summed E-state index contributed by atoms with van der Waals surface area (Å²) in [5, 5.41) is 70.2. The fourth-order valence-corrected chi connectivity index (χ4v) is 19.8. The average Bonchev–Trinajstić information content (AvgIpc) is 1.68. The van der Waals surface area contributed by atoms with Crippen molar-refractivity contribution in [3.8, 4) is 0 Å². The number of fused-ring (bicyclic) bond motifs is 16. The molecule has 1 aromatic rings. The quantitative estimate of drug-likeness (QED) is 0.0607. The van der Waals surface area contributed by atoms with E-state index in [1.807, 2.05) is 0 Å². The standard InChI is InChI=1S/C70H110N24O23S6/c1-28(2)51-67(114)89-44-25-123-121-23-42-58(105)77-18-50(100)90-52(29(3)4)70(117)94-20-35(97)14-47(94)65(112)83-38(15-48(73)98)60(107)80-30(5)55(102)79-31(6)56(103)86-43(24-120-118-21-36(72)57(104)87-42)63(110)84-40(12-33-17-76-27-78-33)69(116)93-19-34(96)13-46(93)66(113)88-45(64(111)91-51)26-122-119-22-41(54(75)101)85-68(115)53(32(7)95)92-61(108)39(16-49(74)99)82-59(106)37(81-62(44)109)10-8-9-11-71/h17,27-32,34-47,51-53,95-97H,8-16,18-26,71-72H2,1-7H3,(H2,73,98)(H2,74,99)(H2,75,101)(H,76,78)(H,77,105)(H,79,102)(H,80,107)(H,81,109)(H,82,106)(H,83,112)(H,84,110)(H,85,115)(H,86,103)(H,87,104)(H,88,113)(H,89,114)(H,90,100)(H,91,111)(H,92,108)/t30-,31-,32+,34+,35+,36-,37-,38-,39-,40-,41-,42-,43-,44-,45-,46-,47?,51-,52?,53-/m0/s1. The molecule has 2 unspecified atom stereocenters. The van der Waals surface area contributed by atoms with Crippen LogP contribution in [0.15, 0.2) is 12.5 Å². The van der Waals surface area contributed by atoms with Crippen LogP contribution in [0.1, 0.15) is 99.1 Å². The molecule has 20 amide bonds. The molecule has 123 heavy (non-hydrogen) atoms. The van der Waals surface area contributed by atoms with E-state index in [1.165, 1.54) is 47.1 Å². The molecular weight excluding hydrogens is 1740 g/mol. The Balaban J connectivity index is 1.53. The van der Waals surface area contributed by atoms with E-state index in [0.717, 1.165) is 88.4 Å². The van der Waals surface area contributed by atoms with Gasteiger partial charge in [-0.15, -0.1) is 0 Å². The number of carbonyl (C=O) groups is 20. The second kappa shape index (κ2) is 49.3. The Kier molecular flexibility index (Phi) is 41.0. The summed E-state index contributed by atoms with van der Waals surface area (Å²) in [7, 11) is 4.79. The summed E-state index contributed by atoms with van der Waals surface area (Å²) in [4.78, 5) is 294. The van der Waals surface area contributed by atoms with Crippen molar-refractivity contribution in [3.63, 3.8) is 0 Å². The van der Waals surface area contributed by atoms with Gasteiger partial charge in [0.25, 0.3) is 0 Å². The number of H-pyrrole nitrogens is 1. The number of carbonyl (C=O) groups excluding carboxylic acids is 20. The lowest BCUT2D eigenvalue weighted by molar-refractivity contribution is -0.143. The zero-order valence-electron chi connectivity index (χ0n) is 68.3. The van der Waals surface area contributed by atoms with Gasteiger partial charge < -0.3 is 139 Å². The van der Waals surface area contributed by atoms with Crippen LogP contribution < -0.4 is 108 Å². The fourth-order valence-electron chi connectivity index (χ4n) is 12.8. The molecule has 0 spiro atoms. The number of aliphatic hydroxyl groups excluding tert-OH is 3. The zero-order valence-corrected chi connectivity index (χ0v) is 73.2. The van der Waals surface area contributed by atoms with E-state index >= 15 is 28.8 Å². The van der Waals surface area contributed by atoms with E-state index in [1.54, 1.807) is 0 Å². The Morgan fingerprint density at radius 2 is 0.886 bits per heavy atom. The molecule has 0 aromatic carbocycles. The zero-order chi connectivity index (χ0) is 91.4. The van der Waals surface area contributed by atoms with Gasteiger partial charge in [-0.2, -0.15) is 0 Å². The first-order chi connectivity index (χ1) is 58.0. The van der Waals surface area contributed by atoms with Crippen molar-refractivity contribution in [1.82, 2.24) is 99.5 Å². The second-order valence-electron chi connectivity index (χ2n) is 30.4. The Morgan fingerprint density at radius 3 is 1.40 bits per heavy atom. The van der Waals surface area contributed by atoms with Crippen molar-refractivity contribution in [3.05, 3.63) is 18.2 Å². The van der Waals surface area contributed by atoms with Crippen molar-refractivity contribution in [2.75, 3.05) is 60.7 Å². The molecule has 5 saturated heterocycles. The average molecular weight is 1850 g/mol. The van der Waals surface area contributed by atoms with Crippen LogP contribution in [-0.4, -0.2) is 335 Å². The molecule has 684 valence electrons. The van der Waals surface area contributed by atoms with Gasteiger partial charge in [-0.1, -0.05) is 92.5 Å². The maximum atomic E-state index is 15.4. The highest BCUT2D eigenvalue weighted by Gasteiger charge is 2.47. The van der Waals surface area contributed by atoms with Crippen molar-refractivity contribution < 1.29 is 111 Å². The summed E-state index contributed by atoms with van der Waals surface area (Å²) in [5.74, 6) is -26.6. The van der Waals surface area contributed by atoms with Gasteiger partial charge in [0.1, 0.15) is 96.7 Å². The summed E-state index contributed by atoms with van der Waals surface area (Å²) >= 11 is 0. The van der Waals surface area contributed by atoms with E-state index in [4.69, 9.17) is 28.7 Å². The van der Waals surface area contributed by atoms with Crippen LogP contribution in [0.25, 0.3) is 0 Å². The second-order valence-corrected chi connectivity index (χ2v) is 38.0. The molecule has 53 heteroatoms. The van der Waals surface area contributed by atoms with Gasteiger partial charge in [0.2, 0.25) is 118 Å². The number of unbranched alkanes of at least 4 members (excludes halogenated alkanes) is 1. The highest BCUT2D eigenvalue weighted by Crippen LogP contribution is 2.29. The fraction of sp³-hybridized carbons (Fsp3) is 0.671. The number of nitrogens with zero attached hydrogens (tertiary/aromatic N) is 3. The third-order valence-corrected chi connectivity index (χ3v) is 27.0. The molecule has 6 heterocycles. The van der Waals surface area contributed by atoms with E-state index in [0.29, 0.717) is 0 Å². The van der Waals surface area contributed by atoms with Gasteiger partial charge in [-0.25, -0.2) is 4.98 Å². The molecule has 0 saturated carbocycles. The number of hydrogen-bond donors (Lipinski definition) is 24. The number of primary amides is 3. The number of hydrogen-bond acceptors (Lipinski definition) is 32. The first kappa shape index (κ1) is 102. The van der Waals surface area contributed by atoms with E-state index in [9.17, 15) is 82.4 Å².